The van der Waals surface area contributed by atoms with Crippen LogP contribution in [0.3, 0.4) is 0 Å². The highest BCUT2D eigenvalue weighted by molar-refractivity contribution is 8.13. The molecule has 0 bridgehead atoms. The minimum absolute atomic E-state index is 0.0226. The molecule has 0 atom stereocenters. The van der Waals surface area contributed by atoms with Crippen LogP contribution in [0.25, 0.3) is 0 Å². The van der Waals surface area contributed by atoms with E-state index >= 15 is 0 Å². The van der Waals surface area contributed by atoms with Crippen LogP contribution in [0, 0.1) is 0 Å². The van der Waals surface area contributed by atoms with Gasteiger partial charge in [-0.3, -0.25) is 19.7 Å². The summed E-state index contributed by atoms with van der Waals surface area (Å²) in [6.07, 6.45) is 0.198. The molecule has 0 saturated carbocycles. The Balaban J connectivity index is 3.44. The van der Waals surface area contributed by atoms with Gasteiger partial charge in [-0.05, 0) is 0 Å². The van der Waals surface area contributed by atoms with Crippen molar-refractivity contribution in [3.05, 3.63) is 0 Å². The summed E-state index contributed by atoms with van der Waals surface area (Å²) in [6, 6.07) is 0. The average molecular weight is 189 g/mol. The predicted molar refractivity (Wildman–Crippen MR) is 46.6 cm³/mol. The van der Waals surface area contributed by atoms with Gasteiger partial charge < -0.3 is 0 Å². The Kier molecular flexibility index (Phi) is 5.36. The quantitative estimate of drug-likeness (QED) is 0.694. The molecule has 68 valence electrons. The van der Waals surface area contributed by atoms with E-state index in [-0.39, 0.29) is 23.4 Å². The molecule has 0 aliphatic heterocycles. The zero-order valence-corrected chi connectivity index (χ0v) is 7.86. The SMILES string of the molecule is CC(=O)NC(=O)CCSC(C)=O. The van der Waals surface area contributed by atoms with Gasteiger partial charge in [-0.25, -0.2) is 0 Å². The summed E-state index contributed by atoms with van der Waals surface area (Å²) in [4.78, 5) is 31.5. The van der Waals surface area contributed by atoms with E-state index in [2.05, 4.69) is 5.32 Å². The molecular weight excluding hydrogens is 178 g/mol. The molecule has 0 spiro atoms. The number of rotatable bonds is 3. The highest BCUT2D eigenvalue weighted by Crippen LogP contribution is 2.02. The minimum Gasteiger partial charge on any atom is -0.297 e. The van der Waals surface area contributed by atoms with E-state index in [1.165, 1.54) is 13.8 Å². The van der Waals surface area contributed by atoms with Crippen LogP contribution >= 0.6 is 11.8 Å². The molecule has 0 aromatic carbocycles. The monoisotopic (exact) mass is 189 g/mol. The maximum Gasteiger partial charge on any atom is 0.227 e. The summed E-state index contributed by atoms with van der Waals surface area (Å²) in [5, 5.41) is 2.09. The van der Waals surface area contributed by atoms with E-state index in [1.54, 1.807) is 0 Å². The molecular formula is C7H11NO3S. The molecule has 12 heavy (non-hydrogen) atoms. The third-order valence-electron chi connectivity index (χ3n) is 0.950. The molecule has 2 amide bonds. The maximum atomic E-state index is 10.8. The first-order valence-corrected chi connectivity index (χ1v) is 4.44. The second kappa shape index (κ2) is 5.77. The zero-order valence-electron chi connectivity index (χ0n) is 7.05. The van der Waals surface area contributed by atoms with Gasteiger partial charge in [-0.2, -0.15) is 0 Å². The minimum atomic E-state index is -0.368. The van der Waals surface area contributed by atoms with Crippen LogP contribution in [0.5, 0.6) is 0 Å². The fraction of sp³-hybridized carbons (Fsp3) is 0.571. The Morgan fingerprint density at radius 2 is 1.83 bits per heavy atom. The number of carbonyl (C=O) groups is 3. The van der Waals surface area contributed by atoms with E-state index < -0.39 is 0 Å². The molecule has 0 fully saturated rings. The van der Waals surface area contributed by atoms with Crippen LogP contribution in [0.4, 0.5) is 0 Å². The largest absolute Gasteiger partial charge is 0.297 e. The summed E-state index contributed by atoms with van der Waals surface area (Å²) in [6.45, 7) is 2.71. The standard InChI is InChI=1S/C7H11NO3S/c1-5(9)8-7(11)3-4-12-6(2)10/h3-4H2,1-2H3,(H,8,9,11). The normalized spacial score (nSPS) is 9.17. The van der Waals surface area contributed by atoms with Gasteiger partial charge in [0.05, 0.1) is 0 Å². The molecule has 0 aliphatic rings. The summed E-state index contributed by atoms with van der Waals surface area (Å²) in [5.74, 6) is -0.280. The van der Waals surface area contributed by atoms with E-state index in [4.69, 9.17) is 0 Å². The average Bonchev–Trinajstić information content (AvgIpc) is 1.84. The zero-order chi connectivity index (χ0) is 9.56. The van der Waals surface area contributed by atoms with Crippen molar-refractivity contribution in [2.24, 2.45) is 0 Å². The van der Waals surface area contributed by atoms with Crippen molar-refractivity contribution in [1.82, 2.24) is 5.32 Å². The number of hydrogen-bond donors (Lipinski definition) is 1. The number of thioether (sulfide) groups is 1. The fourth-order valence-corrected chi connectivity index (χ4v) is 1.12. The first kappa shape index (κ1) is 11.2. The summed E-state index contributed by atoms with van der Waals surface area (Å²) in [5.41, 5.74) is 0. The van der Waals surface area contributed by atoms with Gasteiger partial charge in [0.2, 0.25) is 11.8 Å². The fourth-order valence-electron chi connectivity index (χ4n) is 0.546. The summed E-state index contributed by atoms with van der Waals surface area (Å²) in [7, 11) is 0. The lowest BCUT2D eigenvalue weighted by molar-refractivity contribution is -0.129. The third kappa shape index (κ3) is 7.27. The van der Waals surface area contributed by atoms with Crippen molar-refractivity contribution < 1.29 is 14.4 Å². The highest BCUT2D eigenvalue weighted by atomic mass is 32.2. The predicted octanol–water partition coefficient (Wildman–Crippen LogP) is 0.319. The summed E-state index contributed by atoms with van der Waals surface area (Å²) >= 11 is 1.08. The Hall–Kier alpha value is -0.840. The van der Waals surface area contributed by atoms with E-state index in [1.807, 2.05) is 0 Å². The molecule has 0 heterocycles. The molecule has 0 radical (unpaired) electrons. The van der Waals surface area contributed by atoms with E-state index in [0.717, 1.165) is 11.8 Å². The topological polar surface area (TPSA) is 63.2 Å². The second-order valence-corrected chi connectivity index (χ2v) is 3.47. The van der Waals surface area contributed by atoms with Crippen molar-refractivity contribution in [1.29, 1.82) is 0 Å². The van der Waals surface area contributed by atoms with Gasteiger partial charge in [0, 0.05) is 26.0 Å². The van der Waals surface area contributed by atoms with Gasteiger partial charge in [0.1, 0.15) is 0 Å². The first-order valence-electron chi connectivity index (χ1n) is 3.46. The number of hydrogen-bond acceptors (Lipinski definition) is 4. The molecule has 0 saturated heterocycles. The first-order chi connectivity index (χ1) is 5.52. The van der Waals surface area contributed by atoms with Crippen molar-refractivity contribution in [2.45, 2.75) is 20.3 Å². The van der Waals surface area contributed by atoms with Crippen molar-refractivity contribution >= 4 is 28.7 Å². The van der Waals surface area contributed by atoms with Crippen LogP contribution in [0.2, 0.25) is 0 Å². The van der Waals surface area contributed by atoms with Gasteiger partial charge in [0.25, 0.3) is 0 Å². The second-order valence-electron chi connectivity index (χ2n) is 2.19. The molecule has 0 unspecified atom stereocenters. The lowest BCUT2D eigenvalue weighted by Gasteiger charge is -1.98. The van der Waals surface area contributed by atoms with Gasteiger partial charge in [-0.1, -0.05) is 11.8 Å². The van der Waals surface area contributed by atoms with Gasteiger partial charge >= 0.3 is 0 Å². The van der Waals surface area contributed by atoms with Gasteiger partial charge in [0.15, 0.2) is 5.12 Å². The molecule has 4 nitrogen and oxygen atoms in total. The van der Waals surface area contributed by atoms with Gasteiger partial charge in [-0.15, -0.1) is 0 Å². The highest BCUT2D eigenvalue weighted by Gasteiger charge is 2.03. The Bertz CT molecular complexity index is 203. The molecule has 0 aromatic heterocycles. The molecule has 0 aliphatic carbocycles. The number of carbonyl (C=O) groups excluding carboxylic acids is 3. The Morgan fingerprint density at radius 1 is 1.25 bits per heavy atom. The van der Waals surface area contributed by atoms with Crippen LogP contribution in [-0.2, 0) is 14.4 Å². The number of amides is 2. The number of nitrogens with one attached hydrogen (secondary N) is 1. The van der Waals surface area contributed by atoms with Crippen LogP contribution in [0.15, 0.2) is 0 Å². The smallest absolute Gasteiger partial charge is 0.227 e. The van der Waals surface area contributed by atoms with Crippen LogP contribution < -0.4 is 5.32 Å². The lowest BCUT2D eigenvalue weighted by atomic mass is 10.4. The molecule has 5 heteroatoms. The Morgan fingerprint density at radius 3 is 2.25 bits per heavy atom. The summed E-state index contributed by atoms with van der Waals surface area (Å²) < 4.78 is 0. The van der Waals surface area contributed by atoms with E-state index in [9.17, 15) is 14.4 Å². The number of imide groups is 1. The third-order valence-corrected chi connectivity index (χ3v) is 1.76. The lowest BCUT2D eigenvalue weighted by Crippen LogP contribution is -2.28. The maximum absolute atomic E-state index is 10.8. The van der Waals surface area contributed by atoms with E-state index in [0.29, 0.717) is 5.75 Å². The molecule has 0 aromatic rings. The van der Waals surface area contributed by atoms with Crippen LogP contribution in [-0.4, -0.2) is 22.7 Å². The van der Waals surface area contributed by atoms with Crippen molar-refractivity contribution in [3.63, 3.8) is 0 Å². The Labute approximate surface area is 75.1 Å². The molecule has 1 N–H and O–H groups in total. The van der Waals surface area contributed by atoms with Crippen molar-refractivity contribution in [2.75, 3.05) is 5.75 Å². The van der Waals surface area contributed by atoms with Crippen molar-refractivity contribution in [3.8, 4) is 0 Å². The molecule has 0 rings (SSSR count). The van der Waals surface area contributed by atoms with Crippen LogP contribution in [0.1, 0.15) is 20.3 Å².